The Kier molecular flexibility index (Phi) is 3.31. The van der Waals surface area contributed by atoms with Crippen molar-refractivity contribution in [2.45, 2.75) is 12.8 Å². The zero-order valence-corrected chi connectivity index (χ0v) is 12.1. The lowest BCUT2D eigenvalue weighted by atomic mass is 10.1. The molecule has 0 radical (unpaired) electrons. The molecule has 0 amide bonds. The molecule has 0 spiro atoms. The summed E-state index contributed by atoms with van der Waals surface area (Å²) < 4.78 is 10.7. The second-order valence-electron chi connectivity index (χ2n) is 5.32. The number of hydrogen-bond acceptors (Lipinski definition) is 4. The third-order valence-corrected chi connectivity index (χ3v) is 3.75. The molecule has 0 aliphatic carbocycles. The van der Waals surface area contributed by atoms with E-state index in [0.717, 1.165) is 47.9 Å². The van der Waals surface area contributed by atoms with Crippen LogP contribution in [0.1, 0.15) is 12.0 Å². The number of benzene rings is 2. The largest absolute Gasteiger partial charge is 0.454 e. The molecule has 0 saturated carbocycles. The van der Waals surface area contributed by atoms with Crippen LogP contribution in [0.25, 0.3) is 11.0 Å². The van der Waals surface area contributed by atoms with Crippen LogP contribution in [0.5, 0.6) is 11.5 Å². The molecule has 1 aliphatic heterocycles. The quantitative estimate of drug-likeness (QED) is 0.709. The number of ether oxygens (including phenoxy) is 2. The molecular formula is C17H17N3O2. The van der Waals surface area contributed by atoms with E-state index in [1.165, 1.54) is 5.56 Å². The highest BCUT2D eigenvalue weighted by molar-refractivity contribution is 5.81. The zero-order chi connectivity index (χ0) is 14.8. The highest BCUT2D eigenvalue weighted by Gasteiger charge is 2.16. The first-order valence-corrected chi connectivity index (χ1v) is 7.46. The van der Waals surface area contributed by atoms with Crippen molar-refractivity contribution >= 4 is 17.0 Å². The molecule has 112 valence electrons. The van der Waals surface area contributed by atoms with Crippen LogP contribution < -0.4 is 14.8 Å². The number of hydrogen-bond donors (Lipinski definition) is 2. The van der Waals surface area contributed by atoms with E-state index in [1.54, 1.807) is 0 Å². The minimum absolute atomic E-state index is 0.284. The van der Waals surface area contributed by atoms with Gasteiger partial charge in [-0.1, -0.05) is 30.3 Å². The Morgan fingerprint density at radius 2 is 1.91 bits per heavy atom. The van der Waals surface area contributed by atoms with Crippen LogP contribution in [-0.4, -0.2) is 23.3 Å². The average Bonchev–Trinajstić information content (AvgIpc) is 3.15. The van der Waals surface area contributed by atoms with Gasteiger partial charge in [0, 0.05) is 18.7 Å². The van der Waals surface area contributed by atoms with Crippen molar-refractivity contribution in [2.24, 2.45) is 0 Å². The third kappa shape index (κ3) is 2.57. The number of anilines is 1. The number of H-pyrrole nitrogens is 1. The van der Waals surface area contributed by atoms with Crippen molar-refractivity contribution in [3.63, 3.8) is 0 Å². The van der Waals surface area contributed by atoms with E-state index in [-0.39, 0.29) is 6.79 Å². The van der Waals surface area contributed by atoms with Gasteiger partial charge in [-0.25, -0.2) is 4.98 Å². The fourth-order valence-electron chi connectivity index (χ4n) is 2.63. The second-order valence-corrected chi connectivity index (χ2v) is 5.32. The molecule has 3 aromatic rings. The third-order valence-electron chi connectivity index (χ3n) is 3.75. The Balaban J connectivity index is 1.38. The molecule has 1 aromatic heterocycles. The fourth-order valence-corrected chi connectivity index (χ4v) is 2.63. The summed E-state index contributed by atoms with van der Waals surface area (Å²) in [6.07, 6.45) is 2.12. The topological polar surface area (TPSA) is 59.2 Å². The SMILES string of the molecule is c1ccc(CCCNc2nc3cc4c(cc3[nH]2)OCO4)cc1. The standard InChI is InChI=1S/C17H17N3O2/c1-2-5-12(6-3-1)7-4-8-18-17-19-13-9-15-16(22-11-21-15)10-14(13)20-17/h1-3,5-6,9-10H,4,7-8,11H2,(H2,18,19,20). The number of rotatable bonds is 5. The average molecular weight is 295 g/mol. The summed E-state index contributed by atoms with van der Waals surface area (Å²) in [6, 6.07) is 14.3. The Morgan fingerprint density at radius 1 is 1.09 bits per heavy atom. The van der Waals surface area contributed by atoms with Gasteiger partial charge in [0.15, 0.2) is 11.5 Å². The minimum Gasteiger partial charge on any atom is -0.454 e. The van der Waals surface area contributed by atoms with E-state index < -0.39 is 0 Å². The van der Waals surface area contributed by atoms with Crippen molar-refractivity contribution in [1.82, 2.24) is 9.97 Å². The first kappa shape index (κ1) is 13.0. The van der Waals surface area contributed by atoms with Crippen molar-refractivity contribution < 1.29 is 9.47 Å². The summed E-state index contributed by atoms with van der Waals surface area (Å²) in [5.74, 6) is 2.31. The molecule has 0 bridgehead atoms. The van der Waals surface area contributed by atoms with Crippen LogP contribution >= 0.6 is 0 Å². The van der Waals surface area contributed by atoms with Crippen molar-refractivity contribution in [2.75, 3.05) is 18.7 Å². The van der Waals surface area contributed by atoms with Crippen LogP contribution in [0.3, 0.4) is 0 Å². The molecule has 2 N–H and O–H groups in total. The van der Waals surface area contributed by atoms with Crippen LogP contribution in [0.15, 0.2) is 42.5 Å². The van der Waals surface area contributed by atoms with Gasteiger partial charge in [0.2, 0.25) is 12.7 Å². The van der Waals surface area contributed by atoms with E-state index in [4.69, 9.17) is 9.47 Å². The predicted octanol–water partition coefficient (Wildman–Crippen LogP) is 3.34. The van der Waals surface area contributed by atoms with Crippen LogP contribution in [0.4, 0.5) is 5.95 Å². The minimum atomic E-state index is 0.284. The van der Waals surface area contributed by atoms with Crippen molar-refractivity contribution in [1.29, 1.82) is 0 Å². The van der Waals surface area contributed by atoms with Gasteiger partial charge in [0.25, 0.3) is 0 Å². The van der Waals surface area contributed by atoms with Gasteiger partial charge in [0.05, 0.1) is 11.0 Å². The van der Waals surface area contributed by atoms with Crippen molar-refractivity contribution in [3.8, 4) is 11.5 Å². The summed E-state index contributed by atoms with van der Waals surface area (Å²) in [7, 11) is 0. The van der Waals surface area contributed by atoms with Gasteiger partial charge in [0.1, 0.15) is 0 Å². The highest BCUT2D eigenvalue weighted by atomic mass is 16.7. The van der Waals surface area contributed by atoms with Gasteiger partial charge in [-0.05, 0) is 18.4 Å². The van der Waals surface area contributed by atoms with Crippen LogP contribution in [0, 0.1) is 0 Å². The molecule has 5 nitrogen and oxygen atoms in total. The molecule has 2 heterocycles. The molecule has 0 fully saturated rings. The lowest BCUT2D eigenvalue weighted by Crippen LogP contribution is -2.04. The fraction of sp³-hybridized carbons (Fsp3) is 0.235. The molecule has 2 aromatic carbocycles. The normalized spacial score (nSPS) is 12.7. The Bertz CT molecular complexity index is 742. The number of imidazole rings is 1. The lowest BCUT2D eigenvalue weighted by Gasteiger charge is -2.03. The van der Waals surface area contributed by atoms with E-state index in [2.05, 4.69) is 39.6 Å². The summed E-state index contributed by atoms with van der Waals surface area (Å²) in [4.78, 5) is 7.80. The Hall–Kier alpha value is -2.69. The zero-order valence-electron chi connectivity index (χ0n) is 12.1. The number of fused-ring (bicyclic) bond motifs is 2. The summed E-state index contributed by atoms with van der Waals surface area (Å²) in [5.41, 5.74) is 3.20. The van der Waals surface area contributed by atoms with Gasteiger partial charge in [-0.15, -0.1) is 0 Å². The summed E-state index contributed by atoms with van der Waals surface area (Å²) >= 11 is 0. The first-order chi connectivity index (χ1) is 10.9. The van der Waals surface area contributed by atoms with Crippen LogP contribution in [-0.2, 0) is 6.42 Å². The van der Waals surface area contributed by atoms with Gasteiger partial charge in [-0.3, -0.25) is 0 Å². The molecule has 0 atom stereocenters. The monoisotopic (exact) mass is 295 g/mol. The Morgan fingerprint density at radius 3 is 2.77 bits per heavy atom. The molecule has 5 heteroatoms. The molecule has 0 saturated heterocycles. The lowest BCUT2D eigenvalue weighted by molar-refractivity contribution is 0.174. The first-order valence-electron chi connectivity index (χ1n) is 7.46. The Labute approximate surface area is 128 Å². The number of aryl methyl sites for hydroxylation is 1. The summed E-state index contributed by atoms with van der Waals surface area (Å²) in [5, 5.41) is 3.33. The molecular weight excluding hydrogens is 278 g/mol. The molecule has 1 aliphatic rings. The smallest absolute Gasteiger partial charge is 0.231 e. The summed E-state index contributed by atoms with van der Waals surface area (Å²) in [6.45, 7) is 1.16. The molecule has 22 heavy (non-hydrogen) atoms. The van der Waals surface area contributed by atoms with E-state index in [0.29, 0.717) is 0 Å². The maximum absolute atomic E-state index is 5.37. The second kappa shape index (κ2) is 5.60. The molecule has 4 rings (SSSR count). The number of nitrogens with one attached hydrogen (secondary N) is 2. The van der Waals surface area contributed by atoms with Gasteiger partial charge in [-0.2, -0.15) is 0 Å². The van der Waals surface area contributed by atoms with Gasteiger partial charge < -0.3 is 19.8 Å². The highest BCUT2D eigenvalue weighted by Crippen LogP contribution is 2.35. The maximum atomic E-state index is 5.37. The number of nitrogens with zero attached hydrogens (tertiary/aromatic N) is 1. The van der Waals surface area contributed by atoms with E-state index >= 15 is 0 Å². The number of aromatic amines is 1. The predicted molar refractivity (Wildman–Crippen MR) is 85.5 cm³/mol. The molecule has 0 unspecified atom stereocenters. The van der Waals surface area contributed by atoms with Gasteiger partial charge >= 0.3 is 0 Å². The van der Waals surface area contributed by atoms with Crippen LogP contribution in [0.2, 0.25) is 0 Å². The van der Waals surface area contributed by atoms with E-state index in [9.17, 15) is 0 Å². The van der Waals surface area contributed by atoms with Crippen molar-refractivity contribution in [3.05, 3.63) is 48.0 Å². The maximum Gasteiger partial charge on any atom is 0.231 e. The number of aromatic nitrogens is 2. The van der Waals surface area contributed by atoms with E-state index in [1.807, 2.05) is 18.2 Å².